The Morgan fingerprint density at radius 2 is 2.21 bits per heavy atom. The first-order chi connectivity index (χ1) is 9.31. The Morgan fingerprint density at radius 3 is 2.95 bits per heavy atom. The molecule has 3 nitrogen and oxygen atoms in total. The number of rotatable bonds is 5. The van der Waals surface area contributed by atoms with Gasteiger partial charge in [-0.2, -0.15) is 4.98 Å². The highest BCUT2D eigenvalue weighted by Crippen LogP contribution is 2.27. The summed E-state index contributed by atoms with van der Waals surface area (Å²) in [4.78, 5) is 6.67. The average molecular weight is 329 g/mol. The number of nitrogens with zero attached hydrogens (tertiary/aromatic N) is 2. The van der Waals surface area contributed by atoms with Crippen LogP contribution in [0.2, 0.25) is 4.34 Å². The third-order valence-corrected chi connectivity index (χ3v) is 5.55. The number of halogens is 1. The van der Waals surface area contributed by atoms with Crippen LogP contribution in [-0.4, -0.2) is 10.1 Å². The standard InChI is InChI=1S/C12H9ClN2OS3/c13-10-4-3-8(19-10)6-17-7-11-14-12(15-16-11)9-2-1-5-18-9/h1-5H,6-7H2. The number of hydrogen-bond donors (Lipinski definition) is 0. The Labute approximate surface area is 127 Å². The highest BCUT2D eigenvalue weighted by Gasteiger charge is 2.09. The van der Waals surface area contributed by atoms with Gasteiger partial charge in [0.1, 0.15) is 0 Å². The molecule has 3 aromatic rings. The van der Waals surface area contributed by atoms with Crippen molar-refractivity contribution >= 4 is 46.0 Å². The highest BCUT2D eigenvalue weighted by molar-refractivity contribution is 7.97. The van der Waals surface area contributed by atoms with Gasteiger partial charge in [0.2, 0.25) is 11.7 Å². The van der Waals surface area contributed by atoms with Crippen LogP contribution in [0.1, 0.15) is 10.8 Å². The van der Waals surface area contributed by atoms with Gasteiger partial charge < -0.3 is 4.52 Å². The maximum Gasteiger partial charge on any atom is 0.236 e. The molecule has 0 N–H and O–H groups in total. The van der Waals surface area contributed by atoms with Crippen molar-refractivity contribution in [3.8, 4) is 10.7 Å². The molecule has 0 aliphatic rings. The summed E-state index contributed by atoms with van der Waals surface area (Å²) in [6.07, 6.45) is 0. The molecule has 0 fully saturated rings. The third kappa shape index (κ3) is 3.39. The van der Waals surface area contributed by atoms with Gasteiger partial charge in [-0.05, 0) is 23.6 Å². The average Bonchev–Trinajstić information content (AvgIpc) is 3.09. The molecular weight excluding hydrogens is 320 g/mol. The summed E-state index contributed by atoms with van der Waals surface area (Å²) in [5.41, 5.74) is 0. The van der Waals surface area contributed by atoms with Gasteiger partial charge in [-0.1, -0.05) is 22.8 Å². The van der Waals surface area contributed by atoms with Crippen molar-refractivity contribution in [3.05, 3.63) is 44.7 Å². The zero-order chi connectivity index (χ0) is 13.1. The Hall–Kier alpha value is -0.820. The summed E-state index contributed by atoms with van der Waals surface area (Å²) in [5, 5.41) is 5.98. The van der Waals surface area contributed by atoms with Crippen LogP contribution >= 0.6 is 46.0 Å². The zero-order valence-electron chi connectivity index (χ0n) is 9.71. The third-order valence-electron chi connectivity index (χ3n) is 2.31. The molecule has 19 heavy (non-hydrogen) atoms. The monoisotopic (exact) mass is 328 g/mol. The van der Waals surface area contributed by atoms with Crippen LogP contribution in [0.15, 0.2) is 34.2 Å². The topological polar surface area (TPSA) is 38.9 Å². The predicted octanol–water partition coefficient (Wildman–Crippen LogP) is 4.95. The van der Waals surface area contributed by atoms with Crippen LogP contribution in [0, 0.1) is 0 Å². The van der Waals surface area contributed by atoms with Gasteiger partial charge in [-0.15, -0.1) is 34.4 Å². The van der Waals surface area contributed by atoms with E-state index in [4.69, 9.17) is 16.1 Å². The van der Waals surface area contributed by atoms with Crippen LogP contribution in [-0.2, 0) is 11.5 Å². The molecule has 0 aliphatic heterocycles. The summed E-state index contributed by atoms with van der Waals surface area (Å²) >= 11 is 10.8. The maximum absolute atomic E-state index is 5.89. The van der Waals surface area contributed by atoms with E-state index in [1.165, 1.54) is 4.88 Å². The molecule has 0 aliphatic carbocycles. The summed E-state index contributed by atoms with van der Waals surface area (Å²) in [5.74, 6) is 2.96. The molecule has 3 aromatic heterocycles. The van der Waals surface area contributed by atoms with E-state index in [1.807, 2.05) is 29.6 Å². The minimum Gasteiger partial charge on any atom is -0.338 e. The molecule has 0 aromatic carbocycles. The second-order valence-electron chi connectivity index (χ2n) is 3.69. The lowest BCUT2D eigenvalue weighted by Gasteiger charge is -1.94. The summed E-state index contributed by atoms with van der Waals surface area (Å²) in [7, 11) is 0. The molecule has 7 heteroatoms. The maximum atomic E-state index is 5.89. The van der Waals surface area contributed by atoms with E-state index in [9.17, 15) is 0 Å². The molecule has 0 amide bonds. The Kier molecular flexibility index (Phi) is 4.22. The lowest BCUT2D eigenvalue weighted by atomic mass is 10.4. The molecule has 3 heterocycles. The van der Waals surface area contributed by atoms with Crippen molar-refractivity contribution in [3.63, 3.8) is 0 Å². The van der Waals surface area contributed by atoms with Gasteiger partial charge in [0.05, 0.1) is 15.0 Å². The smallest absolute Gasteiger partial charge is 0.236 e. The highest BCUT2D eigenvalue weighted by atomic mass is 35.5. The number of hydrogen-bond acceptors (Lipinski definition) is 6. The molecule has 3 rings (SSSR count). The lowest BCUT2D eigenvalue weighted by molar-refractivity contribution is 0.392. The van der Waals surface area contributed by atoms with Crippen LogP contribution in [0.5, 0.6) is 0 Å². The normalized spacial score (nSPS) is 11.0. The second kappa shape index (κ2) is 6.09. The fourth-order valence-corrected chi connectivity index (χ4v) is 4.20. The molecule has 0 spiro atoms. The lowest BCUT2D eigenvalue weighted by Crippen LogP contribution is -1.81. The van der Waals surface area contributed by atoms with E-state index in [-0.39, 0.29) is 0 Å². The molecule has 0 saturated carbocycles. The van der Waals surface area contributed by atoms with E-state index >= 15 is 0 Å². The number of aromatic nitrogens is 2. The first kappa shape index (κ1) is 13.2. The summed E-state index contributed by atoms with van der Waals surface area (Å²) in [6.45, 7) is 0. The first-order valence-electron chi connectivity index (χ1n) is 5.50. The van der Waals surface area contributed by atoms with E-state index < -0.39 is 0 Å². The molecule has 0 atom stereocenters. The van der Waals surface area contributed by atoms with Gasteiger partial charge in [0, 0.05) is 10.6 Å². The predicted molar refractivity (Wildman–Crippen MR) is 81.9 cm³/mol. The Bertz CT molecular complexity index is 648. The van der Waals surface area contributed by atoms with Gasteiger partial charge in [-0.25, -0.2) is 0 Å². The van der Waals surface area contributed by atoms with Crippen LogP contribution in [0.4, 0.5) is 0 Å². The molecule has 0 unspecified atom stereocenters. The van der Waals surface area contributed by atoms with Crippen molar-refractivity contribution in [2.24, 2.45) is 0 Å². The van der Waals surface area contributed by atoms with Crippen molar-refractivity contribution in [2.45, 2.75) is 11.5 Å². The van der Waals surface area contributed by atoms with Crippen molar-refractivity contribution in [1.29, 1.82) is 0 Å². The van der Waals surface area contributed by atoms with E-state index in [1.54, 1.807) is 34.4 Å². The molecule has 98 valence electrons. The van der Waals surface area contributed by atoms with E-state index in [0.717, 1.165) is 15.0 Å². The summed E-state index contributed by atoms with van der Waals surface area (Å²) < 4.78 is 6.06. The quantitative estimate of drug-likeness (QED) is 0.664. The van der Waals surface area contributed by atoms with Crippen molar-refractivity contribution in [1.82, 2.24) is 10.1 Å². The first-order valence-corrected chi connectivity index (χ1v) is 8.72. The largest absolute Gasteiger partial charge is 0.338 e. The van der Waals surface area contributed by atoms with Crippen molar-refractivity contribution < 1.29 is 4.52 Å². The SMILES string of the molecule is Clc1ccc(CSCc2nc(-c3cccs3)no2)s1. The molecule has 0 radical (unpaired) electrons. The van der Waals surface area contributed by atoms with Crippen molar-refractivity contribution in [2.75, 3.05) is 0 Å². The zero-order valence-corrected chi connectivity index (χ0v) is 12.9. The minimum atomic E-state index is 0.663. The van der Waals surface area contributed by atoms with E-state index in [2.05, 4.69) is 10.1 Å². The fraction of sp³-hybridized carbons (Fsp3) is 0.167. The Balaban J connectivity index is 1.56. The van der Waals surface area contributed by atoms with Crippen LogP contribution in [0.3, 0.4) is 0 Å². The molecule has 0 bridgehead atoms. The minimum absolute atomic E-state index is 0.663. The van der Waals surface area contributed by atoms with E-state index in [0.29, 0.717) is 17.5 Å². The van der Waals surface area contributed by atoms with Gasteiger partial charge in [0.25, 0.3) is 0 Å². The van der Waals surface area contributed by atoms with Gasteiger partial charge in [-0.3, -0.25) is 0 Å². The van der Waals surface area contributed by atoms with Gasteiger partial charge >= 0.3 is 0 Å². The Morgan fingerprint density at radius 1 is 1.26 bits per heavy atom. The second-order valence-corrected chi connectivity index (χ2v) is 7.42. The van der Waals surface area contributed by atoms with Crippen LogP contribution < -0.4 is 0 Å². The summed E-state index contributed by atoms with van der Waals surface area (Å²) in [6, 6.07) is 7.93. The van der Waals surface area contributed by atoms with Gasteiger partial charge in [0.15, 0.2) is 0 Å². The molecular formula is C12H9ClN2OS3. The number of thioether (sulfide) groups is 1. The van der Waals surface area contributed by atoms with Crippen LogP contribution in [0.25, 0.3) is 10.7 Å². The fourth-order valence-electron chi connectivity index (χ4n) is 1.49. The number of thiophene rings is 2. The molecule has 0 saturated heterocycles.